The molecule has 2 nitrogen and oxygen atoms in total. The Labute approximate surface area is 107 Å². The summed E-state index contributed by atoms with van der Waals surface area (Å²) >= 11 is 2.02. The molecule has 3 heteroatoms. The van der Waals surface area contributed by atoms with Crippen molar-refractivity contribution in [3.05, 3.63) is 29.8 Å². The summed E-state index contributed by atoms with van der Waals surface area (Å²) in [6.45, 7) is 4.14. The molecule has 1 aromatic rings. The Kier molecular flexibility index (Phi) is 3.69. The minimum atomic E-state index is 0.717. The fourth-order valence-electron chi connectivity index (χ4n) is 2.56. The number of hydrogen-bond acceptors (Lipinski definition) is 3. The number of nitrogens with one attached hydrogen (secondary N) is 1. The van der Waals surface area contributed by atoms with Gasteiger partial charge in [0.25, 0.3) is 0 Å². The van der Waals surface area contributed by atoms with Crippen molar-refractivity contribution in [1.82, 2.24) is 5.32 Å². The molecule has 0 aromatic heterocycles. The maximum absolute atomic E-state index is 5.39. The summed E-state index contributed by atoms with van der Waals surface area (Å²) in [5, 5.41) is 4.32. The van der Waals surface area contributed by atoms with Crippen LogP contribution in [-0.4, -0.2) is 31.6 Å². The van der Waals surface area contributed by atoms with Crippen molar-refractivity contribution in [3.8, 4) is 0 Å². The van der Waals surface area contributed by atoms with Crippen molar-refractivity contribution in [2.45, 2.75) is 23.0 Å². The van der Waals surface area contributed by atoms with E-state index in [1.807, 2.05) is 11.8 Å². The van der Waals surface area contributed by atoms with Crippen LogP contribution in [0.1, 0.15) is 12.0 Å². The van der Waals surface area contributed by atoms with Crippen molar-refractivity contribution >= 4 is 11.8 Å². The Bertz CT molecular complexity index is 351. The van der Waals surface area contributed by atoms with Crippen LogP contribution in [0.5, 0.6) is 0 Å². The van der Waals surface area contributed by atoms with Crippen LogP contribution in [0.2, 0.25) is 0 Å². The predicted molar refractivity (Wildman–Crippen MR) is 71.6 cm³/mol. The lowest BCUT2D eigenvalue weighted by molar-refractivity contribution is 0.185. The molecule has 2 aliphatic heterocycles. The van der Waals surface area contributed by atoms with Gasteiger partial charge in [0.1, 0.15) is 0 Å². The molecule has 2 atom stereocenters. The summed E-state index contributed by atoms with van der Waals surface area (Å²) in [7, 11) is 0. The number of ether oxygens (including phenoxy) is 1. The standard InChI is InChI=1S/C14H19NOS/c1-2-4-14-12(3-1)7-13(17-14)9-15-8-11-5-6-16-10-11/h1-4,11,13,15H,5-10H2. The monoisotopic (exact) mass is 249 g/mol. The van der Waals surface area contributed by atoms with Crippen LogP contribution >= 0.6 is 11.8 Å². The summed E-state index contributed by atoms with van der Waals surface area (Å²) < 4.78 is 5.39. The fourth-order valence-corrected chi connectivity index (χ4v) is 3.84. The average molecular weight is 249 g/mol. The van der Waals surface area contributed by atoms with Gasteiger partial charge in [0.2, 0.25) is 0 Å². The molecule has 92 valence electrons. The van der Waals surface area contributed by atoms with E-state index in [9.17, 15) is 0 Å². The van der Waals surface area contributed by atoms with E-state index in [4.69, 9.17) is 4.74 Å². The van der Waals surface area contributed by atoms with Crippen molar-refractivity contribution in [2.24, 2.45) is 5.92 Å². The lowest BCUT2D eigenvalue weighted by Gasteiger charge is -2.12. The first-order valence-electron chi connectivity index (χ1n) is 6.45. The molecule has 0 spiro atoms. The van der Waals surface area contributed by atoms with Gasteiger partial charge in [-0.2, -0.15) is 0 Å². The van der Waals surface area contributed by atoms with Crippen molar-refractivity contribution in [1.29, 1.82) is 0 Å². The first-order chi connectivity index (χ1) is 8.42. The molecule has 1 saturated heterocycles. The summed E-state index contributed by atoms with van der Waals surface area (Å²) in [6.07, 6.45) is 2.44. The van der Waals surface area contributed by atoms with Crippen LogP contribution in [-0.2, 0) is 11.2 Å². The van der Waals surface area contributed by atoms with Gasteiger partial charge in [-0.15, -0.1) is 11.8 Å². The Balaban J connectivity index is 1.43. The Morgan fingerprint density at radius 1 is 1.29 bits per heavy atom. The van der Waals surface area contributed by atoms with E-state index in [2.05, 4.69) is 29.6 Å². The van der Waals surface area contributed by atoms with Gasteiger partial charge in [-0.3, -0.25) is 0 Å². The molecule has 0 amide bonds. The minimum Gasteiger partial charge on any atom is -0.381 e. The first kappa shape index (κ1) is 11.6. The second kappa shape index (κ2) is 5.42. The lowest BCUT2D eigenvalue weighted by atomic mass is 10.1. The van der Waals surface area contributed by atoms with Crippen molar-refractivity contribution < 1.29 is 4.74 Å². The van der Waals surface area contributed by atoms with Crippen molar-refractivity contribution in [2.75, 3.05) is 26.3 Å². The smallest absolute Gasteiger partial charge is 0.0507 e. The van der Waals surface area contributed by atoms with Crippen LogP contribution < -0.4 is 5.32 Å². The Morgan fingerprint density at radius 2 is 2.24 bits per heavy atom. The zero-order chi connectivity index (χ0) is 11.5. The SMILES string of the molecule is c1ccc2c(c1)CC(CNCC1CCOC1)S2. The summed E-state index contributed by atoms with van der Waals surface area (Å²) in [5.41, 5.74) is 1.52. The zero-order valence-electron chi connectivity index (χ0n) is 10.0. The number of hydrogen-bond donors (Lipinski definition) is 1. The quantitative estimate of drug-likeness (QED) is 0.885. The number of benzene rings is 1. The molecule has 0 aliphatic carbocycles. The van der Waals surface area contributed by atoms with Crippen LogP contribution in [0.3, 0.4) is 0 Å². The fraction of sp³-hybridized carbons (Fsp3) is 0.571. The molecule has 0 bridgehead atoms. The maximum Gasteiger partial charge on any atom is 0.0507 e. The number of fused-ring (bicyclic) bond motifs is 1. The highest BCUT2D eigenvalue weighted by Crippen LogP contribution is 2.36. The van der Waals surface area contributed by atoms with E-state index >= 15 is 0 Å². The summed E-state index contributed by atoms with van der Waals surface area (Å²) in [6, 6.07) is 8.78. The molecule has 1 aromatic carbocycles. The number of rotatable bonds is 4. The third-order valence-electron chi connectivity index (χ3n) is 3.54. The average Bonchev–Trinajstić information content (AvgIpc) is 2.96. The molecule has 0 radical (unpaired) electrons. The molecule has 17 heavy (non-hydrogen) atoms. The molecule has 0 saturated carbocycles. The minimum absolute atomic E-state index is 0.717. The molecule has 1 fully saturated rings. The second-order valence-electron chi connectivity index (χ2n) is 4.94. The van der Waals surface area contributed by atoms with Gasteiger partial charge < -0.3 is 10.1 Å². The Hall–Kier alpha value is -0.510. The molecule has 3 rings (SSSR count). The summed E-state index contributed by atoms with van der Waals surface area (Å²) in [5.74, 6) is 0.740. The van der Waals surface area contributed by atoms with Crippen LogP contribution in [0, 0.1) is 5.92 Å². The van der Waals surface area contributed by atoms with E-state index in [-0.39, 0.29) is 0 Å². The first-order valence-corrected chi connectivity index (χ1v) is 7.33. The normalized spacial score (nSPS) is 27.3. The molecule has 2 heterocycles. The van der Waals surface area contributed by atoms with Gasteiger partial charge in [0, 0.05) is 29.8 Å². The van der Waals surface area contributed by atoms with Crippen LogP contribution in [0.15, 0.2) is 29.2 Å². The highest BCUT2D eigenvalue weighted by atomic mass is 32.2. The topological polar surface area (TPSA) is 21.3 Å². The highest BCUT2D eigenvalue weighted by Gasteiger charge is 2.22. The van der Waals surface area contributed by atoms with E-state index < -0.39 is 0 Å². The molecule has 2 unspecified atom stereocenters. The van der Waals surface area contributed by atoms with Gasteiger partial charge in [0.05, 0.1) is 6.61 Å². The lowest BCUT2D eigenvalue weighted by Crippen LogP contribution is -2.29. The molecular weight excluding hydrogens is 230 g/mol. The van der Waals surface area contributed by atoms with Gasteiger partial charge >= 0.3 is 0 Å². The third-order valence-corrected chi connectivity index (χ3v) is 4.86. The number of thioether (sulfide) groups is 1. The largest absolute Gasteiger partial charge is 0.381 e. The molecular formula is C14H19NOS. The molecule has 2 aliphatic rings. The van der Waals surface area contributed by atoms with Crippen molar-refractivity contribution in [3.63, 3.8) is 0 Å². The van der Waals surface area contributed by atoms with Gasteiger partial charge in [0.15, 0.2) is 0 Å². The highest BCUT2D eigenvalue weighted by molar-refractivity contribution is 8.00. The zero-order valence-corrected chi connectivity index (χ0v) is 10.8. The summed E-state index contributed by atoms with van der Waals surface area (Å²) in [4.78, 5) is 1.48. The van der Waals surface area contributed by atoms with Crippen LogP contribution in [0.4, 0.5) is 0 Å². The van der Waals surface area contributed by atoms with Gasteiger partial charge in [-0.25, -0.2) is 0 Å². The van der Waals surface area contributed by atoms with E-state index in [1.54, 1.807) is 0 Å². The van der Waals surface area contributed by atoms with Gasteiger partial charge in [-0.05, 0) is 30.4 Å². The van der Waals surface area contributed by atoms with Crippen LogP contribution in [0.25, 0.3) is 0 Å². The van der Waals surface area contributed by atoms with E-state index in [0.717, 1.165) is 37.5 Å². The second-order valence-corrected chi connectivity index (χ2v) is 6.28. The van der Waals surface area contributed by atoms with Gasteiger partial charge in [-0.1, -0.05) is 18.2 Å². The van der Waals surface area contributed by atoms with E-state index in [0.29, 0.717) is 0 Å². The third kappa shape index (κ3) is 2.84. The van der Waals surface area contributed by atoms with E-state index in [1.165, 1.54) is 23.3 Å². The predicted octanol–water partition coefficient (Wildman–Crippen LogP) is 2.33. The Morgan fingerprint density at radius 3 is 3.06 bits per heavy atom. The molecule has 1 N–H and O–H groups in total. The maximum atomic E-state index is 5.39.